The van der Waals surface area contributed by atoms with Gasteiger partial charge in [-0.2, -0.15) is 0 Å². The summed E-state index contributed by atoms with van der Waals surface area (Å²) in [5.41, 5.74) is 0. The third-order valence-electron chi connectivity index (χ3n) is 12.2. The van der Waals surface area contributed by atoms with Crippen LogP contribution < -0.4 is 0 Å². The van der Waals surface area contributed by atoms with Gasteiger partial charge in [0.1, 0.15) is 13.2 Å². The minimum absolute atomic E-state index is 0.0723. The van der Waals surface area contributed by atoms with Crippen molar-refractivity contribution in [1.82, 2.24) is 0 Å². The van der Waals surface area contributed by atoms with E-state index in [0.29, 0.717) is 19.3 Å². The second-order valence-electron chi connectivity index (χ2n) is 18.5. The van der Waals surface area contributed by atoms with E-state index in [1.54, 1.807) is 0 Å². The van der Waals surface area contributed by atoms with Crippen molar-refractivity contribution < 1.29 is 28.6 Å². The fourth-order valence-electron chi connectivity index (χ4n) is 8.02. The molecule has 0 amide bonds. The summed E-state index contributed by atoms with van der Waals surface area (Å²) in [5.74, 6) is -0.871. The number of allylic oxidation sites excluding steroid dienone is 4. The first kappa shape index (κ1) is 59.9. The third-order valence-corrected chi connectivity index (χ3v) is 12.2. The number of carbonyl (C=O) groups excluding carboxylic acids is 3. The number of carbonyl (C=O) groups is 3. The molecule has 0 N–H and O–H groups in total. The summed E-state index contributed by atoms with van der Waals surface area (Å²) in [5, 5.41) is 0. The quantitative estimate of drug-likeness (QED) is 0.0262. The summed E-state index contributed by atoms with van der Waals surface area (Å²) < 4.78 is 16.8. The molecule has 0 spiro atoms. The molecule has 0 fully saturated rings. The summed E-state index contributed by atoms with van der Waals surface area (Å²) in [4.78, 5) is 38.0. The van der Waals surface area contributed by atoms with Gasteiger partial charge < -0.3 is 14.2 Å². The Morgan fingerprint density at radius 3 is 0.839 bits per heavy atom. The Morgan fingerprint density at radius 1 is 0.306 bits per heavy atom. The van der Waals surface area contributed by atoms with E-state index >= 15 is 0 Å². The van der Waals surface area contributed by atoms with Crippen molar-refractivity contribution in [2.45, 2.75) is 303 Å². The average Bonchev–Trinajstić information content (AvgIpc) is 3.27. The second-order valence-corrected chi connectivity index (χ2v) is 18.5. The van der Waals surface area contributed by atoms with Gasteiger partial charge in [0.25, 0.3) is 0 Å². The number of hydrogen-bond donors (Lipinski definition) is 0. The fraction of sp³-hybridized carbons (Fsp3) is 0.875. The highest BCUT2D eigenvalue weighted by molar-refractivity contribution is 5.71. The Labute approximate surface area is 385 Å². The monoisotopic (exact) mass is 873 g/mol. The van der Waals surface area contributed by atoms with Crippen molar-refractivity contribution in [2.75, 3.05) is 13.2 Å². The maximum Gasteiger partial charge on any atom is 0.306 e. The predicted octanol–water partition coefficient (Wildman–Crippen LogP) is 17.9. The molecule has 364 valence electrons. The Morgan fingerprint density at radius 2 is 0.532 bits per heavy atom. The molecule has 0 aliphatic carbocycles. The summed E-state index contributed by atoms with van der Waals surface area (Å²) in [6.07, 6.45) is 58.8. The lowest BCUT2D eigenvalue weighted by molar-refractivity contribution is -0.167. The maximum absolute atomic E-state index is 12.8. The number of ether oxygens (including phenoxy) is 3. The Balaban J connectivity index is 4.30. The first-order valence-corrected chi connectivity index (χ1v) is 27.3. The van der Waals surface area contributed by atoms with Gasteiger partial charge in [0, 0.05) is 19.3 Å². The first-order valence-electron chi connectivity index (χ1n) is 27.3. The first-order chi connectivity index (χ1) is 30.5. The van der Waals surface area contributed by atoms with Crippen molar-refractivity contribution >= 4 is 17.9 Å². The molecule has 0 aliphatic rings. The molecule has 0 saturated carbocycles. The minimum Gasteiger partial charge on any atom is -0.462 e. The third kappa shape index (κ3) is 48.9. The largest absolute Gasteiger partial charge is 0.462 e. The summed E-state index contributed by atoms with van der Waals surface area (Å²) in [6, 6.07) is 0. The Bertz CT molecular complexity index is 1000. The highest BCUT2D eigenvalue weighted by Gasteiger charge is 2.19. The molecule has 0 bridgehead atoms. The smallest absolute Gasteiger partial charge is 0.306 e. The van der Waals surface area contributed by atoms with Crippen molar-refractivity contribution in [3.8, 4) is 0 Å². The van der Waals surface area contributed by atoms with Crippen LogP contribution in [-0.2, 0) is 28.6 Å². The number of esters is 3. The lowest BCUT2D eigenvalue weighted by Crippen LogP contribution is -2.30. The lowest BCUT2D eigenvalue weighted by atomic mass is 10.0. The van der Waals surface area contributed by atoms with Gasteiger partial charge in [-0.1, -0.05) is 231 Å². The van der Waals surface area contributed by atoms with Gasteiger partial charge in [-0.25, -0.2) is 0 Å². The van der Waals surface area contributed by atoms with E-state index in [9.17, 15) is 14.4 Å². The van der Waals surface area contributed by atoms with Gasteiger partial charge >= 0.3 is 17.9 Å². The standard InChI is InChI=1S/C56H104O6/c1-4-7-10-13-16-19-22-25-26-27-28-29-30-32-34-37-40-43-46-49-55(58)61-52-53(51-60-54(57)48-45-42-39-36-33-24-21-18-15-12-9-6-3)62-56(59)50-47-44-41-38-35-31-23-20-17-14-11-8-5-2/h18,21,27-28,53H,4-17,19-20,22-26,29-52H2,1-3H3/b21-18-,28-27-/t53-/m1/s1. The molecule has 0 aromatic rings. The van der Waals surface area contributed by atoms with E-state index in [2.05, 4.69) is 45.1 Å². The highest BCUT2D eigenvalue weighted by atomic mass is 16.6. The zero-order valence-electron chi connectivity index (χ0n) is 41.7. The van der Waals surface area contributed by atoms with Gasteiger partial charge in [0.05, 0.1) is 0 Å². The topological polar surface area (TPSA) is 78.9 Å². The summed E-state index contributed by atoms with van der Waals surface area (Å²) in [7, 11) is 0. The van der Waals surface area contributed by atoms with Crippen LogP contribution in [-0.4, -0.2) is 37.2 Å². The van der Waals surface area contributed by atoms with Crippen molar-refractivity contribution in [3.05, 3.63) is 24.3 Å². The molecule has 0 aromatic heterocycles. The predicted molar refractivity (Wildman–Crippen MR) is 266 cm³/mol. The van der Waals surface area contributed by atoms with Crippen LogP contribution in [0, 0.1) is 0 Å². The molecule has 0 saturated heterocycles. The van der Waals surface area contributed by atoms with Crippen LogP contribution in [0.3, 0.4) is 0 Å². The Hall–Kier alpha value is -2.11. The van der Waals surface area contributed by atoms with E-state index in [-0.39, 0.29) is 31.1 Å². The molecular weight excluding hydrogens is 769 g/mol. The second kappa shape index (κ2) is 51.5. The van der Waals surface area contributed by atoms with Crippen LogP contribution in [0.15, 0.2) is 24.3 Å². The van der Waals surface area contributed by atoms with Crippen molar-refractivity contribution in [1.29, 1.82) is 0 Å². The molecule has 0 rings (SSSR count). The zero-order chi connectivity index (χ0) is 45.1. The van der Waals surface area contributed by atoms with Gasteiger partial charge in [0.15, 0.2) is 6.10 Å². The minimum atomic E-state index is -0.771. The molecule has 6 heteroatoms. The molecule has 0 radical (unpaired) electrons. The molecule has 62 heavy (non-hydrogen) atoms. The number of unbranched alkanes of at least 4 members (excludes halogenated alkanes) is 35. The van der Waals surface area contributed by atoms with E-state index in [1.165, 1.54) is 193 Å². The fourth-order valence-corrected chi connectivity index (χ4v) is 8.02. The van der Waals surface area contributed by atoms with E-state index < -0.39 is 6.10 Å². The summed E-state index contributed by atoms with van der Waals surface area (Å²) >= 11 is 0. The van der Waals surface area contributed by atoms with Crippen LogP contribution in [0.1, 0.15) is 297 Å². The van der Waals surface area contributed by atoms with Crippen molar-refractivity contribution in [2.24, 2.45) is 0 Å². The molecule has 0 aromatic carbocycles. The van der Waals surface area contributed by atoms with Gasteiger partial charge in [-0.3, -0.25) is 14.4 Å². The molecule has 0 aliphatic heterocycles. The van der Waals surface area contributed by atoms with Crippen LogP contribution in [0.5, 0.6) is 0 Å². The molecule has 1 atom stereocenters. The molecule has 0 heterocycles. The maximum atomic E-state index is 12.8. The van der Waals surface area contributed by atoms with E-state index in [4.69, 9.17) is 14.2 Å². The highest BCUT2D eigenvalue weighted by Crippen LogP contribution is 2.16. The Kier molecular flexibility index (Phi) is 49.8. The van der Waals surface area contributed by atoms with E-state index in [1.807, 2.05) is 0 Å². The number of hydrogen-bond acceptors (Lipinski definition) is 6. The van der Waals surface area contributed by atoms with Crippen molar-refractivity contribution in [3.63, 3.8) is 0 Å². The molecular formula is C56H104O6. The SMILES string of the molecule is CCCCC/C=C\CCCCCCCC(=O)OC[C@H](COC(=O)CCCCCCCCC/C=C\CCCCCCCCCC)OC(=O)CCCCCCCCCCCCCCC. The number of rotatable bonds is 50. The van der Waals surface area contributed by atoms with Crippen LogP contribution in [0.4, 0.5) is 0 Å². The van der Waals surface area contributed by atoms with Crippen LogP contribution in [0.25, 0.3) is 0 Å². The average molecular weight is 873 g/mol. The van der Waals surface area contributed by atoms with Crippen LogP contribution >= 0.6 is 0 Å². The zero-order valence-corrected chi connectivity index (χ0v) is 41.7. The lowest BCUT2D eigenvalue weighted by Gasteiger charge is -2.18. The van der Waals surface area contributed by atoms with E-state index in [0.717, 1.165) is 64.2 Å². The molecule has 6 nitrogen and oxygen atoms in total. The normalized spacial score (nSPS) is 12.1. The van der Waals surface area contributed by atoms with Crippen LogP contribution in [0.2, 0.25) is 0 Å². The van der Waals surface area contributed by atoms with Gasteiger partial charge in [0.2, 0.25) is 0 Å². The van der Waals surface area contributed by atoms with Gasteiger partial charge in [-0.15, -0.1) is 0 Å². The summed E-state index contributed by atoms with van der Waals surface area (Å²) in [6.45, 7) is 6.63. The van der Waals surface area contributed by atoms with Gasteiger partial charge in [-0.05, 0) is 70.6 Å². The molecule has 0 unspecified atom stereocenters.